The molecule has 1 radical (unpaired) electrons. The van der Waals surface area contributed by atoms with Crippen LogP contribution in [0, 0.1) is 7.11 Å². The fraction of sp³-hybridized carbons (Fsp3) is 0.750. The predicted octanol–water partition coefficient (Wildman–Crippen LogP) is 2.55. The third-order valence-electron chi connectivity index (χ3n) is 0.530. The van der Waals surface area contributed by atoms with Gasteiger partial charge in [0, 0.05) is 6.42 Å². The van der Waals surface area contributed by atoms with Crippen molar-refractivity contribution < 1.29 is 4.74 Å². The van der Waals surface area contributed by atoms with Crippen LogP contribution < -0.4 is 0 Å². The fourth-order valence-corrected chi connectivity index (χ4v) is 0.419. The smallest absolute Gasteiger partial charge is 0.192 e. The van der Waals surface area contributed by atoms with Gasteiger partial charge in [-0.05, 0) is 0 Å². The molecule has 0 rings (SSSR count). The summed E-state index contributed by atoms with van der Waals surface area (Å²) >= 11 is 16.0. The first-order valence-electron chi connectivity index (χ1n) is 2.00. The molecule has 0 spiro atoms. The van der Waals surface area contributed by atoms with Crippen LogP contribution in [0.3, 0.4) is 0 Å². The molecule has 0 amide bonds. The first-order valence-corrected chi connectivity index (χ1v) is 3.13. The summed E-state index contributed by atoms with van der Waals surface area (Å²) in [6, 6.07) is 0. The van der Waals surface area contributed by atoms with Gasteiger partial charge >= 0.3 is 0 Å². The van der Waals surface area contributed by atoms with Gasteiger partial charge in [-0.3, -0.25) is 0 Å². The van der Waals surface area contributed by atoms with E-state index in [1.54, 1.807) is 0 Å². The molecule has 4 heteroatoms. The van der Waals surface area contributed by atoms with Gasteiger partial charge in [-0.2, -0.15) is 0 Å². The molecule has 0 N–H and O–H groups in total. The van der Waals surface area contributed by atoms with Gasteiger partial charge < -0.3 is 4.74 Å². The molecule has 0 aliphatic carbocycles. The molecule has 0 aromatic carbocycles. The van der Waals surface area contributed by atoms with Gasteiger partial charge in [-0.1, -0.05) is 34.8 Å². The van der Waals surface area contributed by atoms with Crippen LogP contribution in [0.1, 0.15) is 6.42 Å². The molecule has 0 bridgehead atoms. The van der Waals surface area contributed by atoms with E-state index in [9.17, 15) is 0 Å². The van der Waals surface area contributed by atoms with Crippen LogP contribution in [-0.4, -0.2) is 10.4 Å². The second-order valence-electron chi connectivity index (χ2n) is 1.27. The molecule has 0 saturated heterocycles. The van der Waals surface area contributed by atoms with Gasteiger partial charge in [0.1, 0.15) is 0 Å². The zero-order chi connectivity index (χ0) is 6.62. The Bertz CT molecular complexity index is 58.8. The largest absolute Gasteiger partial charge is 0.379 e. The molecule has 8 heavy (non-hydrogen) atoms. The van der Waals surface area contributed by atoms with Crippen molar-refractivity contribution in [1.82, 2.24) is 0 Å². The maximum Gasteiger partial charge on any atom is 0.192 e. The highest BCUT2D eigenvalue weighted by molar-refractivity contribution is 6.67. The Morgan fingerprint density at radius 2 is 1.88 bits per heavy atom. The molecular formula is C4H6Cl3O. The Morgan fingerprint density at radius 3 is 2.00 bits per heavy atom. The Morgan fingerprint density at radius 1 is 1.38 bits per heavy atom. The summed E-state index contributed by atoms with van der Waals surface area (Å²) < 4.78 is 3.22. The summed E-state index contributed by atoms with van der Waals surface area (Å²) in [5, 5.41) is 0. The second-order valence-corrected chi connectivity index (χ2v) is 3.79. The lowest BCUT2D eigenvalue weighted by molar-refractivity contribution is 0.239. The van der Waals surface area contributed by atoms with Crippen LogP contribution in [0.5, 0.6) is 0 Å². The summed E-state index contributed by atoms with van der Waals surface area (Å²) in [6.45, 7) is 0.372. The van der Waals surface area contributed by atoms with E-state index in [1.807, 2.05) is 0 Å². The number of hydrogen-bond acceptors (Lipinski definition) is 1. The maximum atomic E-state index is 5.34. The molecule has 0 atom stereocenters. The van der Waals surface area contributed by atoms with Crippen molar-refractivity contribution in [3.8, 4) is 0 Å². The molecule has 0 fully saturated rings. The Labute approximate surface area is 63.9 Å². The summed E-state index contributed by atoms with van der Waals surface area (Å²) in [7, 11) is 3.11. The second kappa shape index (κ2) is 3.78. The SMILES string of the molecule is [CH2]OCCC(Cl)(Cl)Cl. The number of hydrogen-bond donors (Lipinski definition) is 0. The average Bonchev–Trinajstić information content (AvgIpc) is 1.59. The van der Waals surface area contributed by atoms with Crippen molar-refractivity contribution >= 4 is 34.8 Å². The molecular weight excluding hydrogens is 170 g/mol. The molecule has 0 aliphatic heterocycles. The minimum absolute atomic E-state index is 0.372. The van der Waals surface area contributed by atoms with E-state index >= 15 is 0 Å². The normalized spacial score (nSPS) is 12.0. The quantitative estimate of drug-likeness (QED) is 0.588. The first kappa shape index (κ1) is 8.83. The van der Waals surface area contributed by atoms with Crippen molar-refractivity contribution in [2.75, 3.05) is 6.61 Å². The van der Waals surface area contributed by atoms with Crippen molar-refractivity contribution in [3.63, 3.8) is 0 Å². The van der Waals surface area contributed by atoms with Crippen LogP contribution in [0.4, 0.5) is 0 Å². The standard InChI is InChI=1S/C4H6Cl3O/c1-8-3-2-4(5,6)7/h1-3H2. The van der Waals surface area contributed by atoms with E-state index < -0.39 is 3.79 Å². The molecule has 0 aliphatic rings. The zero-order valence-corrected chi connectivity index (χ0v) is 6.43. The van der Waals surface area contributed by atoms with Crippen LogP contribution in [-0.2, 0) is 4.74 Å². The lowest BCUT2D eigenvalue weighted by atomic mass is 10.5. The monoisotopic (exact) mass is 175 g/mol. The molecule has 0 unspecified atom stereocenters. The first-order chi connectivity index (χ1) is 3.56. The van der Waals surface area contributed by atoms with Crippen molar-refractivity contribution in [2.24, 2.45) is 0 Å². The van der Waals surface area contributed by atoms with E-state index in [4.69, 9.17) is 34.8 Å². The topological polar surface area (TPSA) is 9.23 Å². The highest BCUT2D eigenvalue weighted by atomic mass is 35.6. The highest BCUT2D eigenvalue weighted by Gasteiger charge is 2.17. The number of rotatable bonds is 2. The zero-order valence-electron chi connectivity index (χ0n) is 4.16. The van der Waals surface area contributed by atoms with Crippen molar-refractivity contribution in [2.45, 2.75) is 10.2 Å². The molecule has 0 aromatic heterocycles. The number of halogens is 3. The number of alkyl halides is 3. The molecule has 0 heterocycles. The summed E-state index contributed by atoms with van der Waals surface area (Å²) in [5.74, 6) is 0. The Balaban J connectivity index is 3.11. The molecule has 49 valence electrons. The minimum Gasteiger partial charge on any atom is -0.379 e. The van der Waals surface area contributed by atoms with Gasteiger partial charge in [0.2, 0.25) is 0 Å². The van der Waals surface area contributed by atoms with E-state index in [2.05, 4.69) is 11.8 Å². The van der Waals surface area contributed by atoms with E-state index in [-0.39, 0.29) is 0 Å². The van der Waals surface area contributed by atoms with Gasteiger partial charge in [0.25, 0.3) is 0 Å². The van der Waals surface area contributed by atoms with E-state index in [1.165, 1.54) is 0 Å². The van der Waals surface area contributed by atoms with E-state index in [0.29, 0.717) is 13.0 Å². The average molecular weight is 176 g/mol. The lowest BCUT2D eigenvalue weighted by Gasteiger charge is -2.07. The Hall–Kier alpha value is 0.830. The third-order valence-corrected chi connectivity index (χ3v) is 1.10. The maximum absolute atomic E-state index is 5.34. The molecule has 0 aromatic rings. The van der Waals surface area contributed by atoms with Crippen molar-refractivity contribution in [1.29, 1.82) is 0 Å². The van der Waals surface area contributed by atoms with Crippen molar-refractivity contribution in [3.05, 3.63) is 7.11 Å². The fourth-order valence-electron chi connectivity index (χ4n) is 0.188. The van der Waals surface area contributed by atoms with Crippen LogP contribution in [0.15, 0.2) is 0 Å². The van der Waals surface area contributed by atoms with Crippen LogP contribution in [0.2, 0.25) is 0 Å². The molecule has 1 nitrogen and oxygen atoms in total. The summed E-state index contributed by atoms with van der Waals surface area (Å²) in [5.41, 5.74) is 0. The van der Waals surface area contributed by atoms with Gasteiger partial charge in [-0.25, -0.2) is 0 Å². The Kier molecular flexibility index (Phi) is 4.17. The molecule has 0 saturated carbocycles. The van der Waals surface area contributed by atoms with Gasteiger partial charge in [-0.15, -0.1) is 0 Å². The van der Waals surface area contributed by atoms with Crippen LogP contribution in [0.25, 0.3) is 0 Å². The van der Waals surface area contributed by atoms with Gasteiger partial charge in [0.05, 0.1) is 13.7 Å². The number of ether oxygens (including phenoxy) is 1. The predicted molar refractivity (Wildman–Crippen MR) is 36.2 cm³/mol. The minimum atomic E-state index is -1.20. The third kappa shape index (κ3) is 6.83. The lowest BCUT2D eigenvalue weighted by Crippen LogP contribution is -2.05. The summed E-state index contributed by atoms with van der Waals surface area (Å²) in [6.07, 6.45) is 0.376. The van der Waals surface area contributed by atoms with Crippen LogP contribution >= 0.6 is 34.8 Å². The van der Waals surface area contributed by atoms with E-state index in [0.717, 1.165) is 0 Å². The summed E-state index contributed by atoms with van der Waals surface area (Å²) in [4.78, 5) is 0. The highest BCUT2D eigenvalue weighted by Crippen LogP contribution is 2.29. The van der Waals surface area contributed by atoms with Gasteiger partial charge in [0.15, 0.2) is 3.79 Å².